The highest BCUT2D eigenvalue weighted by Crippen LogP contribution is 2.32. The molecule has 0 aromatic heterocycles. The van der Waals surface area contributed by atoms with Crippen LogP contribution in [-0.4, -0.2) is 41.9 Å². The fourth-order valence-electron chi connectivity index (χ4n) is 2.05. The normalized spacial score (nSPS) is 14.4. The highest BCUT2D eigenvalue weighted by Gasteiger charge is 2.33. The second-order valence-corrected chi connectivity index (χ2v) is 6.43. The Morgan fingerprint density at radius 3 is 2.32 bits per heavy atom. The molecule has 0 aliphatic heterocycles. The number of likely N-dealkylation sites (N-methyl/N-ethyl adjacent to an activating group) is 1. The largest absolute Gasteiger partial charge is 0.416 e. The maximum atomic E-state index is 12.9. The molecule has 6 heteroatoms. The minimum absolute atomic E-state index is 0.113. The van der Waals surface area contributed by atoms with Gasteiger partial charge in [-0.1, -0.05) is 18.2 Å². The third kappa shape index (κ3) is 6.77. The van der Waals surface area contributed by atoms with Gasteiger partial charge in [0.25, 0.3) is 0 Å². The highest BCUT2D eigenvalue weighted by molar-refractivity contribution is 5.29. The summed E-state index contributed by atoms with van der Waals surface area (Å²) in [5.41, 5.74) is -0.800. The quantitative estimate of drug-likeness (QED) is 0.873. The lowest BCUT2D eigenvalue weighted by molar-refractivity contribution is -0.138. The summed E-state index contributed by atoms with van der Waals surface area (Å²) in [4.78, 5) is 1.65. The standard InChI is InChI=1S/C16H24F3NO2/c1-15(2,3)22-11-13(21)10-20(4)9-12-7-5-6-8-14(12)16(17,18)19/h5-8,13,21H,9-11H2,1-4H3. The lowest BCUT2D eigenvalue weighted by Gasteiger charge is -2.25. The molecule has 0 amide bonds. The van der Waals surface area contributed by atoms with Gasteiger partial charge in [-0.25, -0.2) is 0 Å². The van der Waals surface area contributed by atoms with Gasteiger partial charge in [-0.05, 0) is 39.4 Å². The molecule has 126 valence electrons. The second-order valence-electron chi connectivity index (χ2n) is 6.43. The van der Waals surface area contributed by atoms with Crippen molar-refractivity contribution in [2.75, 3.05) is 20.2 Å². The van der Waals surface area contributed by atoms with Gasteiger partial charge in [-0.3, -0.25) is 4.90 Å². The lowest BCUT2D eigenvalue weighted by atomic mass is 10.1. The van der Waals surface area contributed by atoms with E-state index < -0.39 is 17.8 Å². The molecule has 0 saturated carbocycles. The number of alkyl halides is 3. The molecule has 1 rings (SSSR count). The minimum Gasteiger partial charge on any atom is -0.389 e. The molecule has 1 aromatic carbocycles. The molecule has 0 fully saturated rings. The minimum atomic E-state index is -4.37. The first kappa shape index (κ1) is 18.9. The molecule has 1 unspecified atom stereocenters. The summed E-state index contributed by atoms with van der Waals surface area (Å²) < 4.78 is 44.2. The lowest BCUT2D eigenvalue weighted by Crippen LogP contribution is -2.35. The number of benzene rings is 1. The van der Waals surface area contributed by atoms with E-state index in [4.69, 9.17) is 4.74 Å². The van der Waals surface area contributed by atoms with Crippen molar-refractivity contribution in [3.63, 3.8) is 0 Å². The summed E-state index contributed by atoms with van der Waals surface area (Å²) in [6, 6.07) is 5.48. The first-order valence-corrected chi connectivity index (χ1v) is 7.15. The van der Waals surface area contributed by atoms with Crippen molar-refractivity contribution in [3.05, 3.63) is 35.4 Å². The fraction of sp³-hybridized carbons (Fsp3) is 0.625. The summed E-state index contributed by atoms with van der Waals surface area (Å²) >= 11 is 0. The maximum Gasteiger partial charge on any atom is 0.416 e. The molecular formula is C16H24F3NO2. The number of aliphatic hydroxyl groups excluding tert-OH is 1. The van der Waals surface area contributed by atoms with E-state index in [9.17, 15) is 18.3 Å². The molecule has 0 heterocycles. The Morgan fingerprint density at radius 1 is 1.18 bits per heavy atom. The number of hydrogen-bond acceptors (Lipinski definition) is 3. The Bertz CT molecular complexity index is 469. The van der Waals surface area contributed by atoms with E-state index in [1.807, 2.05) is 20.8 Å². The van der Waals surface area contributed by atoms with Crippen molar-refractivity contribution >= 4 is 0 Å². The summed E-state index contributed by atoms with van der Waals surface area (Å²) in [6.07, 6.45) is -5.12. The predicted molar refractivity (Wildman–Crippen MR) is 79.5 cm³/mol. The molecule has 1 N–H and O–H groups in total. The monoisotopic (exact) mass is 319 g/mol. The summed E-state index contributed by atoms with van der Waals surface area (Å²) in [7, 11) is 1.67. The second kappa shape index (κ2) is 7.44. The van der Waals surface area contributed by atoms with Crippen LogP contribution in [0.5, 0.6) is 0 Å². The Balaban J connectivity index is 2.61. The summed E-state index contributed by atoms with van der Waals surface area (Å²) in [6.45, 7) is 6.13. The zero-order valence-corrected chi connectivity index (χ0v) is 13.4. The van der Waals surface area contributed by atoms with E-state index in [1.54, 1.807) is 18.0 Å². The smallest absolute Gasteiger partial charge is 0.389 e. The van der Waals surface area contributed by atoms with Crippen LogP contribution < -0.4 is 0 Å². The Morgan fingerprint density at radius 2 is 1.77 bits per heavy atom. The van der Waals surface area contributed by atoms with Crippen LogP contribution in [0.2, 0.25) is 0 Å². The molecule has 1 aromatic rings. The third-order valence-corrected chi connectivity index (χ3v) is 2.99. The van der Waals surface area contributed by atoms with Gasteiger partial charge in [-0.2, -0.15) is 13.2 Å². The van der Waals surface area contributed by atoms with Crippen LogP contribution in [0.25, 0.3) is 0 Å². The molecule has 3 nitrogen and oxygen atoms in total. The van der Waals surface area contributed by atoms with Crippen LogP contribution in [0.3, 0.4) is 0 Å². The number of ether oxygens (including phenoxy) is 1. The number of hydrogen-bond donors (Lipinski definition) is 1. The van der Waals surface area contributed by atoms with Crippen LogP contribution in [0.1, 0.15) is 31.9 Å². The van der Waals surface area contributed by atoms with Crippen molar-refractivity contribution in [2.45, 2.75) is 45.2 Å². The Kier molecular flexibility index (Phi) is 6.40. The van der Waals surface area contributed by atoms with Gasteiger partial charge in [0.1, 0.15) is 0 Å². The van der Waals surface area contributed by atoms with Gasteiger partial charge in [0, 0.05) is 13.1 Å². The van der Waals surface area contributed by atoms with Crippen molar-refractivity contribution in [1.29, 1.82) is 0 Å². The van der Waals surface area contributed by atoms with E-state index in [1.165, 1.54) is 12.1 Å². The molecule has 0 aliphatic carbocycles. The average molecular weight is 319 g/mol. The molecule has 0 bridgehead atoms. The number of aliphatic hydroxyl groups is 1. The van der Waals surface area contributed by atoms with Crippen LogP contribution in [0.15, 0.2) is 24.3 Å². The van der Waals surface area contributed by atoms with Gasteiger partial charge >= 0.3 is 6.18 Å². The van der Waals surface area contributed by atoms with E-state index in [0.717, 1.165) is 6.07 Å². The van der Waals surface area contributed by atoms with Gasteiger partial charge in [0.2, 0.25) is 0 Å². The van der Waals surface area contributed by atoms with Gasteiger partial charge in [-0.15, -0.1) is 0 Å². The van der Waals surface area contributed by atoms with Gasteiger partial charge in [0.05, 0.1) is 23.9 Å². The molecule has 1 atom stereocenters. The zero-order chi connectivity index (χ0) is 17.0. The topological polar surface area (TPSA) is 32.7 Å². The average Bonchev–Trinajstić information content (AvgIpc) is 2.34. The van der Waals surface area contributed by atoms with Crippen molar-refractivity contribution in [3.8, 4) is 0 Å². The van der Waals surface area contributed by atoms with E-state index >= 15 is 0 Å². The Hall–Kier alpha value is -1.11. The van der Waals surface area contributed by atoms with Crippen LogP contribution in [0, 0.1) is 0 Å². The van der Waals surface area contributed by atoms with Crippen molar-refractivity contribution in [1.82, 2.24) is 4.90 Å². The van der Waals surface area contributed by atoms with Crippen molar-refractivity contribution in [2.24, 2.45) is 0 Å². The van der Waals surface area contributed by atoms with Crippen molar-refractivity contribution < 1.29 is 23.0 Å². The molecule has 0 saturated heterocycles. The van der Waals surface area contributed by atoms with E-state index in [-0.39, 0.29) is 30.9 Å². The van der Waals surface area contributed by atoms with Crippen LogP contribution >= 0.6 is 0 Å². The molecule has 0 aliphatic rings. The van der Waals surface area contributed by atoms with Gasteiger partial charge in [0.15, 0.2) is 0 Å². The fourth-order valence-corrected chi connectivity index (χ4v) is 2.05. The first-order valence-electron chi connectivity index (χ1n) is 7.15. The van der Waals surface area contributed by atoms with Crippen LogP contribution in [-0.2, 0) is 17.5 Å². The highest BCUT2D eigenvalue weighted by atomic mass is 19.4. The summed E-state index contributed by atoms with van der Waals surface area (Å²) in [5.74, 6) is 0. The SMILES string of the molecule is CN(Cc1ccccc1C(F)(F)F)CC(O)COC(C)(C)C. The Labute approximate surface area is 129 Å². The summed E-state index contributed by atoms with van der Waals surface area (Å²) in [5, 5.41) is 9.90. The first-order chi connectivity index (χ1) is 9.99. The third-order valence-electron chi connectivity index (χ3n) is 2.99. The molecule has 22 heavy (non-hydrogen) atoms. The number of halogens is 3. The van der Waals surface area contributed by atoms with E-state index in [2.05, 4.69) is 0 Å². The molecule has 0 spiro atoms. The number of rotatable bonds is 6. The predicted octanol–water partition coefficient (Wildman–Crippen LogP) is 3.31. The van der Waals surface area contributed by atoms with E-state index in [0.29, 0.717) is 0 Å². The molecular weight excluding hydrogens is 295 g/mol. The maximum absolute atomic E-state index is 12.9. The van der Waals surface area contributed by atoms with Crippen LogP contribution in [0.4, 0.5) is 13.2 Å². The van der Waals surface area contributed by atoms with Gasteiger partial charge < -0.3 is 9.84 Å². The zero-order valence-electron chi connectivity index (χ0n) is 13.4. The number of nitrogens with zero attached hydrogens (tertiary/aromatic N) is 1. The molecule has 0 radical (unpaired) electrons.